The molecule has 2 aromatic rings. The van der Waals surface area contributed by atoms with Crippen LogP contribution in [-0.2, 0) is 11.9 Å². The van der Waals surface area contributed by atoms with Crippen molar-refractivity contribution < 1.29 is 13.9 Å². The molecule has 0 fully saturated rings. The van der Waals surface area contributed by atoms with Crippen molar-refractivity contribution in [2.24, 2.45) is 0 Å². The quantitative estimate of drug-likeness (QED) is 0.760. The predicted molar refractivity (Wildman–Crippen MR) is 81.1 cm³/mol. The van der Waals surface area contributed by atoms with E-state index in [0.29, 0.717) is 22.2 Å². The van der Waals surface area contributed by atoms with E-state index in [4.69, 9.17) is 14.7 Å². The zero-order chi connectivity index (χ0) is 15.2. The van der Waals surface area contributed by atoms with Gasteiger partial charge in [-0.1, -0.05) is 28.1 Å². The highest BCUT2D eigenvalue weighted by Gasteiger charge is 2.11. The molecule has 0 saturated heterocycles. The molecule has 0 aliphatic carbocycles. The molecule has 0 spiro atoms. The Balaban J connectivity index is 2.26. The molecule has 2 rings (SSSR count). The summed E-state index contributed by atoms with van der Waals surface area (Å²) in [5.74, 6) is 0.395. The molecule has 3 nitrogen and oxygen atoms in total. The van der Waals surface area contributed by atoms with Crippen molar-refractivity contribution in [2.75, 3.05) is 7.11 Å². The van der Waals surface area contributed by atoms with Crippen molar-refractivity contribution in [2.45, 2.75) is 11.9 Å². The normalized spacial score (nSPS) is 10.0. The number of hydrogen-bond donors (Lipinski definition) is 0. The standard InChI is InChI=1S/C16H13BrFNO2/c1-20-15-6-5-11(9-19)7-13(15)10-21-16-12(8-17)3-2-4-14(16)18/h2-7H,8,10H2,1H3. The summed E-state index contributed by atoms with van der Waals surface area (Å²) in [4.78, 5) is 0. The van der Waals surface area contributed by atoms with E-state index in [1.807, 2.05) is 0 Å². The maximum Gasteiger partial charge on any atom is 0.165 e. The summed E-state index contributed by atoms with van der Waals surface area (Å²) in [5, 5.41) is 9.43. The molecule has 0 N–H and O–H groups in total. The topological polar surface area (TPSA) is 42.2 Å². The zero-order valence-electron chi connectivity index (χ0n) is 11.4. The fourth-order valence-corrected chi connectivity index (χ4v) is 2.37. The van der Waals surface area contributed by atoms with Crippen molar-refractivity contribution in [1.82, 2.24) is 0 Å². The second-order valence-corrected chi connectivity index (χ2v) is 4.85. The van der Waals surface area contributed by atoms with Gasteiger partial charge in [0.25, 0.3) is 0 Å². The Kier molecular flexibility index (Phi) is 5.18. The Hall–Kier alpha value is -2.06. The fourth-order valence-electron chi connectivity index (χ4n) is 1.93. The summed E-state index contributed by atoms with van der Waals surface area (Å²) >= 11 is 3.31. The molecule has 2 aromatic carbocycles. The molecule has 108 valence electrons. The summed E-state index contributed by atoms with van der Waals surface area (Å²) in [7, 11) is 1.54. The number of methoxy groups -OCH3 is 1. The molecule has 0 amide bonds. The van der Waals surface area contributed by atoms with Gasteiger partial charge >= 0.3 is 0 Å². The van der Waals surface area contributed by atoms with Gasteiger partial charge in [-0.15, -0.1) is 0 Å². The van der Waals surface area contributed by atoms with E-state index in [-0.39, 0.29) is 12.4 Å². The lowest BCUT2D eigenvalue weighted by Crippen LogP contribution is -2.02. The van der Waals surface area contributed by atoms with Crippen LogP contribution >= 0.6 is 15.9 Å². The second kappa shape index (κ2) is 7.09. The first-order valence-corrected chi connectivity index (χ1v) is 7.35. The van der Waals surface area contributed by atoms with Gasteiger partial charge in [0, 0.05) is 16.5 Å². The molecule has 0 heterocycles. The number of halogens is 2. The smallest absolute Gasteiger partial charge is 0.165 e. The first kappa shape index (κ1) is 15.3. The van der Waals surface area contributed by atoms with E-state index in [9.17, 15) is 4.39 Å². The molecule has 0 bridgehead atoms. The van der Waals surface area contributed by atoms with Gasteiger partial charge in [0.2, 0.25) is 0 Å². The lowest BCUT2D eigenvalue weighted by Gasteiger charge is -2.13. The minimum Gasteiger partial charge on any atom is -0.496 e. The van der Waals surface area contributed by atoms with Crippen LogP contribution in [0.2, 0.25) is 0 Å². The van der Waals surface area contributed by atoms with Gasteiger partial charge in [0.1, 0.15) is 12.4 Å². The first-order valence-electron chi connectivity index (χ1n) is 6.22. The summed E-state index contributed by atoms with van der Waals surface area (Å²) in [6.45, 7) is 0.125. The van der Waals surface area contributed by atoms with E-state index in [1.54, 1.807) is 30.3 Å². The van der Waals surface area contributed by atoms with Gasteiger partial charge in [-0.05, 0) is 24.3 Å². The van der Waals surface area contributed by atoms with Crippen LogP contribution in [0.5, 0.6) is 11.5 Å². The molecular weight excluding hydrogens is 337 g/mol. The number of para-hydroxylation sites is 1. The third-order valence-electron chi connectivity index (χ3n) is 2.97. The summed E-state index contributed by atoms with van der Waals surface area (Å²) in [5.41, 5.74) is 1.93. The van der Waals surface area contributed by atoms with Crippen LogP contribution in [0.3, 0.4) is 0 Å². The van der Waals surface area contributed by atoms with E-state index in [0.717, 1.165) is 5.56 Å². The SMILES string of the molecule is COc1ccc(C#N)cc1COc1c(F)cccc1CBr. The van der Waals surface area contributed by atoms with E-state index >= 15 is 0 Å². The van der Waals surface area contributed by atoms with Crippen LogP contribution in [0, 0.1) is 17.1 Å². The molecule has 0 unspecified atom stereocenters. The van der Waals surface area contributed by atoms with Crippen LogP contribution in [0.25, 0.3) is 0 Å². The lowest BCUT2D eigenvalue weighted by molar-refractivity contribution is 0.280. The number of nitrogens with zero attached hydrogens (tertiary/aromatic N) is 1. The molecule has 0 aliphatic rings. The summed E-state index contributed by atoms with van der Waals surface area (Å²) < 4.78 is 24.7. The van der Waals surface area contributed by atoms with E-state index in [2.05, 4.69) is 22.0 Å². The Bertz CT molecular complexity index is 682. The lowest BCUT2D eigenvalue weighted by atomic mass is 10.1. The van der Waals surface area contributed by atoms with Gasteiger partial charge < -0.3 is 9.47 Å². The van der Waals surface area contributed by atoms with Crippen molar-refractivity contribution in [3.05, 3.63) is 58.9 Å². The van der Waals surface area contributed by atoms with Crippen LogP contribution in [0.15, 0.2) is 36.4 Å². The second-order valence-electron chi connectivity index (χ2n) is 4.29. The van der Waals surface area contributed by atoms with Gasteiger partial charge in [0.05, 0.1) is 18.7 Å². The molecule has 0 atom stereocenters. The van der Waals surface area contributed by atoms with Gasteiger partial charge in [-0.2, -0.15) is 5.26 Å². The molecule has 0 aliphatic heterocycles. The molecular formula is C16H13BrFNO2. The maximum atomic E-state index is 13.8. The maximum absolute atomic E-state index is 13.8. The third kappa shape index (κ3) is 3.53. The molecule has 5 heteroatoms. The Labute approximate surface area is 131 Å². The van der Waals surface area contributed by atoms with Crippen molar-refractivity contribution in [3.8, 4) is 17.6 Å². The average Bonchev–Trinajstić information content (AvgIpc) is 2.53. The highest BCUT2D eigenvalue weighted by molar-refractivity contribution is 9.08. The van der Waals surface area contributed by atoms with E-state index < -0.39 is 5.82 Å². The van der Waals surface area contributed by atoms with E-state index in [1.165, 1.54) is 13.2 Å². The van der Waals surface area contributed by atoms with Crippen molar-refractivity contribution in [3.63, 3.8) is 0 Å². The minimum absolute atomic E-state index is 0.125. The van der Waals surface area contributed by atoms with Crippen molar-refractivity contribution >= 4 is 15.9 Å². The van der Waals surface area contributed by atoms with Crippen LogP contribution < -0.4 is 9.47 Å². The molecule has 21 heavy (non-hydrogen) atoms. The van der Waals surface area contributed by atoms with Gasteiger partial charge in [-0.3, -0.25) is 0 Å². The predicted octanol–water partition coefficient (Wildman–Crippen LogP) is 4.18. The highest BCUT2D eigenvalue weighted by atomic mass is 79.9. The number of hydrogen-bond acceptors (Lipinski definition) is 3. The van der Waals surface area contributed by atoms with Gasteiger partial charge in [-0.25, -0.2) is 4.39 Å². The van der Waals surface area contributed by atoms with Crippen LogP contribution in [-0.4, -0.2) is 7.11 Å². The summed E-state index contributed by atoms with van der Waals surface area (Å²) in [6, 6.07) is 11.9. The monoisotopic (exact) mass is 349 g/mol. The largest absolute Gasteiger partial charge is 0.496 e. The highest BCUT2D eigenvalue weighted by Crippen LogP contribution is 2.27. The Morgan fingerprint density at radius 1 is 1.24 bits per heavy atom. The average molecular weight is 350 g/mol. The molecule has 0 saturated carbocycles. The summed E-state index contributed by atoms with van der Waals surface area (Å²) in [6.07, 6.45) is 0. The fraction of sp³-hybridized carbons (Fsp3) is 0.188. The van der Waals surface area contributed by atoms with Gasteiger partial charge in [0.15, 0.2) is 11.6 Å². The zero-order valence-corrected chi connectivity index (χ0v) is 13.0. The Morgan fingerprint density at radius 2 is 2.05 bits per heavy atom. The number of benzene rings is 2. The third-order valence-corrected chi connectivity index (χ3v) is 3.58. The number of nitriles is 1. The molecule has 0 aromatic heterocycles. The number of rotatable bonds is 5. The number of alkyl halides is 1. The number of ether oxygens (including phenoxy) is 2. The van der Waals surface area contributed by atoms with Crippen molar-refractivity contribution in [1.29, 1.82) is 5.26 Å². The minimum atomic E-state index is -0.414. The first-order chi connectivity index (χ1) is 10.2. The van der Waals surface area contributed by atoms with Crippen LogP contribution in [0.4, 0.5) is 4.39 Å². The molecule has 0 radical (unpaired) electrons. The van der Waals surface area contributed by atoms with Crippen LogP contribution in [0.1, 0.15) is 16.7 Å². The Morgan fingerprint density at radius 3 is 2.71 bits per heavy atom.